The van der Waals surface area contributed by atoms with Crippen LogP contribution < -0.4 is 0 Å². The van der Waals surface area contributed by atoms with E-state index in [4.69, 9.17) is 4.18 Å². The molecular formula is C6H13NO2S. The molecule has 0 radical (unpaired) electrons. The SMILES string of the molecule is CC(C)C1COS(=O)N1C. The Labute approximate surface area is 64.2 Å². The summed E-state index contributed by atoms with van der Waals surface area (Å²) in [5, 5.41) is 0. The second-order valence-corrected chi connectivity index (χ2v) is 4.11. The Bertz CT molecular complexity index is 149. The third-order valence-electron chi connectivity index (χ3n) is 1.81. The Morgan fingerprint density at radius 1 is 1.70 bits per heavy atom. The first kappa shape index (κ1) is 8.17. The highest BCUT2D eigenvalue weighted by molar-refractivity contribution is 7.77. The van der Waals surface area contributed by atoms with E-state index < -0.39 is 11.3 Å². The van der Waals surface area contributed by atoms with E-state index >= 15 is 0 Å². The third-order valence-corrected chi connectivity index (χ3v) is 2.89. The number of nitrogens with zero attached hydrogens (tertiary/aromatic N) is 1. The molecule has 2 unspecified atom stereocenters. The molecule has 60 valence electrons. The molecule has 1 rings (SSSR count). The van der Waals surface area contributed by atoms with Crippen molar-refractivity contribution in [2.24, 2.45) is 5.92 Å². The van der Waals surface area contributed by atoms with Crippen molar-refractivity contribution in [1.82, 2.24) is 4.31 Å². The largest absolute Gasteiger partial charge is 0.276 e. The zero-order valence-corrected chi connectivity index (χ0v) is 7.35. The first-order valence-corrected chi connectivity index (χ1v) is 4.44. The highest BCUT2D eigenvalue weighted by Crippen LogP contribution is 2.18. The van der Waals surface area contributed by atoms with E-state index in [1.54, 1.807) is 4.31 Å². The third kappa shape index (κ3) is 1.38. The second-order valence-electron chi connectivity index (χ2n) is 2.86. The fraction of sp³-hybridized carbons (Fsp3) is 1.00. The molecule has 0 aromatic carbocycles. The van der Waals surface area contributed by atoms with Gasteiger partial charge in [0.25, 0.3) is 0 Å². The first-order chi connectivity index (χ1) is 4.63. The lowest BCUT2D eigenvalue weighted by molar-refractivity contribution is 0.274. The zero-order chi connectivity index (χ0) is 7.72. The van der Waals surface area contributed by atoms with Crippen LogP contribution in [0.3, 0.4) is 0 Å². The molecule has 10 heavy (non-hydrogen) atoms. The first-order valence-electron chi connectivity index (χ1n) is 3.41. The summed E-state index contributed by atoms with van der Waals surface area (Å²) in [6.45, 7) is 4.81. The van der Waals surface area contributed by atoms with Gasteiger partial charge in [0.2, 0.25) is 11.3 Å². The molecule has 0 amide bonds. The van der Waals surface area contributed by atoms with Crippen molar-refractivity contribution >= 4 is 11.3 Å². The standard InChI is InChI=1S/C6H13NO2S/c1-5(2)6-4-9-10(8)7(6)3/h5-6H,4H2,1-3H3. The van der Waals surface area contributed by atoms with Gasteiger partial charge in [-0.15, -0.1) is 0 Å². The molecule has 2 atom stereocenters. The van der Waals surface area contributed by atoms with Crippen LogP contribution in [-0.2, 0) is 15.4 Å². The number of hydrogen-bond donors (Lipinski definition) is 0. The Morgan fingerprint density at radius 2 is 2.30 bits per heavy atom. The van der Waals surface area contributed by atoms with E-state index in [1.807, 2.05) is 7.05 Å². The van der Waals surface area contributed by atoms with Gasteiger partial charge in [0, 0.05) is 7.05 Å². The van der Waals surface area contributed by atoms with Gasteiger partial charge < -0.3 is 0 Å². The summed E-state index contributed by atoms with van der Waals surface area (Å²) < 4.78 is 17.6. The summed E-state index contributed by atoms with van der Waals surface area (Å²) in [6.07, 6.45) is 0. The number of rotatable bonds is 1. The van der Waals surface area contributed by atoms with E-state index in [0.29, 0.717) is 18.6 Å². The fourth-order valence-electron chi connectivity index (χ4n) is 1.04. The van der Waals surface area contributed by atoms with E-state index in [-0.39, 0.29) is 0 Å². The van der Waals surface area contributed by atoms with Crippen molar-refractivity contribution in [3.05, 3.63) is 0 Å². The minimum atomic E-state index is -1.18. The maximum atomic E-state index is 10.9. The van der Waals surface area contributed by atoms with Gasteiger partial charge in [0.1, 0.15) is 0 Å². The molecule has 0 N–H and O–H groups in total. The Morgan fingerprint density at radius 3 is 2.50 bits per heavy atom. The maximum Gasteiger partial charge on any atom is 0.237 e. The average molecular weight is 163 g/mol. The monoisotopic (exact) mass is 163 g/mol. The molecule has 3 nitrogen and oxygen atoms in total. The van der Waals surface area contributed by atoms with Crippen molar-refractivity contribution < 1.29 is 8.39 Å². The van der Waals surface area contributed by atoms with Crippen LogP contribution in [0.5, 0.6) is 0 Å². The molecule has 0 aliphatic carbocycles. The molecular weight excluding hydrogens is 150 g/mol. The van der Waals surface area contributed by atoms with Crippen molar-refractivity contribution in [2.45, 2.75) is 19.9 Å². The molecule has 1 fully saturated rings. The van der Waals surface area contributed by atoms with E-state index in [9.17, 15) is 4.21 Å². The Balaban J connectivity index is 2.57. The van der Waals surface area contributed by atoms with Gasteiger partial charge in [-0.1, -0.05) is 13.8 Å². The topological polar surface area (TPSA) is 29.5 Å². The normalized spacial score (nSPS) is 35.6. The molecule has 0 spiro atoms. The highest BCUT2D eigenvalue weighted by atomic mass is 32.2. The highest BCUT2D eigenvalue weighted by Gasteiger charge is 2.30. The predicted octanol–water partition coefficient (Wildman–Crippen LogP) is 0.552. The van der Waals surface area contributed by atoms with E-state index in [1.165, 1.54) is 0 Å². The van der Waals surface area contributed by atoms with Gasteiger partial charge >= 0.3 is 0 Å². The van der Waals surface area contributed by atoms with Crippen molar-refractivity contribution in [2.75, 3.05) is 13.7 Å². The molecule has 1 aliphatic heterocycles. The summed E-state index contributed by atoms with van der Waals surface area (Å²) in [6, 6.07) is 0.320. The molecule has 1 aliphatic rings. The average Bonchev–Trinajstić information content (AvgIpc) is 2.14. The summed E-state index contributed by atoms with van der Waals surface area (Å²) >= 11 is -1.18. The quantitative estimate of drug-likeness (QED) is 0.565. The van der Waals surface area contributed by atoms with Crippen molar-refractivity contribution in [1.29, 1.82) is 0 Å². The predicted molar refractivity (Wildman–Crippen MR) is 40.5 cm³/mol. The van der Waals surface area contributed by atoms with Crippen LogP contribution in [0.25, 0.3) is 0 Å². The minimum Gasteiger partial charge on any atom is -0.276 e. The maximum absolute atomic E-state index is 10.9. The smallest absolute Gasteiger partial charge is 0.237 e. The molecule has 0 saturated carbocycles. The van der Waals surface area contributed by atoms with Crippen molar-refractivity contribution in [3.63, 3.8) is 0 Å². The van der Waals surface area contributed by atoms with Crippen LogP contribution >= 0.6 is 0 Å². The molecule has 0 bridgehead atoms. The Hall–Kier alpha value is 0.0700. The molecule has 1 saturated heterocycles. The second kappa shape index (κ2) is 2.98. The van der Waals surface area contributed by atoms with Gasteiger partial charge in [-0.3, -0.25) is 4.18 Å². The van der Waals surface area contributed by atoms with Gasteiger partial charge in [0.15, 0.2) is 0 Å². The van der Waals surface area contributed by atoms with Gasteiger partial charge in [0.05, 0.1) is 12.6 Å². The summed E-state index contributed by atoms with van der Waals surface area (Å²) in [5.74, 6) is 0.511. The van der Waals surface area contributed by atoms with Crippen molar-refractivity contribution in [3.8, 4) is 0 Å². The van der Waals surface area contributed by atoms with E-state index in [2.05, 4.69) is 13.8 Å². The lowest BCUT2D eigenvalue weighted by atomic mass is 10.1. The molecule has 4 heteroatoms. The Kier molecular flexibility index (Phi) is 2.44. The summed E-state index contributed by atoms with van der Waals surface area (Å²) in [5.41, 5.74) is 0. The molecule has 0 aromatic rings. The number of hydrogen-bond acceptors (Lipinski definition) is 2. The van der Waals surface area contributed by atoms with Crippen LogP contribution in [0.1, 0.15) is 13.8 Å². The molecule has 0 aromatic heterocycles. The van der Waals surface area contributed by atoms with Gasteiger partial charge in [-0.05, 0) is 5.92 Å². The van der Waals surface area contributed by atoms with Gasteiger partial charge in [-0.2, -0.15) is 4.31 Å². The van der Waals surface area contributed by atoms with E-state index in [0.717, 1.165) is 0 Å². The van der Waals surface area contributed by atoms with Crippen LogP contribution in [-0.4, -0.2) is 28.2 Å². The summed E-state index contributed by atoms with van der Waals surface area (Å²) in [7, 11) is 1.83. The number of likely N-dealkylation sites (N-methyl/N-ethyl adjacent to an activating group) is 1. The minimum absolute atomic E-state index is 0.320. The fourth-order valence-corrected chi connectivity index (χ4v) is 1.99. The van der Waals surface area contributed by atoms with Crippen LogP contribution in [0, 0.1) is 5.92 Å². The van der Waals surface area contributed by atoms with Gasteiger partial charge in [-0.25, -0.2) is 4.21 Å². The molecule has 1 heterocycles. The lowest BCUT2D eigenvalue weighted by Crippen LogP contribution is -2.31. The lowest BCUT2D eigenvalue weighted by Gasteiger charge is -2.17. The zero-order valence-electron chi connectivity index (χ0n) is 6.53. The van der Waals surface area contributed by atoms with Crippen LogP contribution in [0.2, 0.25) is 0 Å². The van der Waals surface area contributed by atoms with Crippen LogP contribution in [0.4, 0.5) is 0 Å². The summed E-state index contributed by atoms with van der Waals surface area (Å²) in [4.78, 5) is 0. The van der Waals surface area contributed by atoms with Crippen LogP contribution in [0.15, 0.2) is 0 Å².